The molecule has 1 atom stereocenters. The number of hydrogen-bond acceptors (Lipinski definition) is 5. The maximum Gasteiger partial charge on any atom is 0.224 e. The molecule has 8 heteroatoms. The monoisotopic (exact) mass is 411 g/mol. The van der Waals surface area contributed by atoms with Gasteiger partial charge in [0.2, 0.25) is 11.8 Å². The molecule has 1 saturated heterocycles. The van der Waals surface area contributed by atoms with Crippen LogP contribution >= 0.6 is 12.4 Å². The number of hydrogen-bond donors (Lipinski definition) is 2. The second kappa shape index (κ2) is 12.4. The van der Waals surface area contributed by atoms with E-state index in [-0.39, 0.29) is 35.9 Å². The van der Waals surface area contributed by atoms with Gasteiger partial charge in [-0.25, -0.2) is 0 Å². The summed E-state index contributed by atoms with van der Waals surface area (Å²) in [5.41, 5.74) is 6.01. The number of nitrogens with two attached hydrogens (primary N) is 1. The normalized spacial score (nSPS) is 16.1. The van der Waals surface area contributed by atoms with E-state index in [0.29, 0.717) is 56.9 Å². The summed E-state index contributed by atoms with van der Waals surface area (Å²) in [5, 5.41) is 2.80. The highest BCUT2D eigenvalue weighted by molar-refractivity contribution is 5.94. The van der Waals surface area contributed by atoms with Gasteiger partial charge < -0.3 is 20.7 Å². The highest BCUT2D eigenvalue weighted by Crippen LogP contribution is 2.18. The summed E-state index contributed by atoms with van der Waals surface area (Å²) in [6.07, 6.45) is 2.60. The molecule has 3 N–H and O–H groups in total. The first kappa shape index (κ1) is 23.9. The zero-order valence-electron chi connectivity index (χ0n) is 16.3. The highest BCUT2D eigenvalue weighted by atomic mass is 35.5. The molecule has 1 heterocycles. The average Bonchev–Trinajstić information content (AvgIpc) is 2.69. The number of carbonyl (C=O) groups excluding carboxylic acids is 3. The third-order valence-electron chi connectivity index (χ3n) is 4.63. The maximum absolute atomic E-state index is 12.4. The second-order valence-electron chi connectivity index (χ2n) is 6.79. The zero-order valence-corrected chi connectivity index (χ0v) is 17.1. The van der Waals surface area contributed by atoms with E-state index in [4.69, 9.17) is 10.5 Å². The minimum absolute atomic E-state index is 0. The predicted molar refractivity (Wildman–Crippen MR) is 110 cm³/mol. The molecule has 0 spiro atoms. The fourth-order valence-corrected chi connectivity index (χ4v) is 3.13. The lowest BCUT2D eigenvalue weighted by Gasteiger charge is -2.32. The molecule has 1 aromatic rings. The summed E-state index contributed by atoms with van der Waals surface area (Å²) < 4.78 is 5.64. The van der Waals surface area contributed by atoms with Crippen molar-refractivity contribution in [1.29, 1.82) is 0 Å². The van der Waals surface area contributed by atoms with Gasteiger partial charge in [0.15, 0.2) is 5.78 Å². The number of likely N-dealkylation sites (tertiary alicyclic amines) is 1. The van der Waals surface area contributed by atoms with Gasteiger partial charge in [0.25, 0.3) is 0 Å². The van der Waals surface area contributed by atoms with Gasteiger partial charge in [-0.2, -0.15) is 0 Å². The molecule has 2 rings (SSSR count). The molecular formula is C20H30ClN3O4. The van der Waals surface area contributed by atoms with Crippen molar-refractivity contribution >= 4 is 30.0 Å². The molecule has 0 radical (unpaired) electrons. The van der Waals surface area contributed by atoms with Crippen LogP contribution < -0.4 is 15.8 Å². The quantitative estimate of drug-likeness (QED) is 0.476. The van der Waals surface area contributed by atoms with Crippen LogP contribution in [0.5, 0.6) is 5.75 Å². The van der Waals surface area contributed by atoms with Crippen LogP contribution in [0.15, 0.2) is 24.3 Å². The first-order valence-corrected chi connectivity index (χ1v) is 9.50. The number of nitrogens with one attached hydrogen (secondary N) is 1. The van der Waals surface area contributed by atoms with Crippen molar-refractivity contribution in [3.05, 3.63) is 29.8 Å². The smallest absolute Gasteiger partial charge is 0.224 e. The molecule has 1 aliphatic rings. The van der Waals surface area contributed by atoms with Crippen molar-refractivity contribution in [3.8, 4) is 5.75 Å². The molecule has 1 aromatic carbocycles. The third kappa shape index (κ3) is 7.48. The van der Waals surface area contributed by atoms with E-state index in [2.05, 4.69) is 5.32 Å². The molecule has 0 bridgehead atoms. The van der Waals surface area contributed by atoms with Crippen LogP contribution in [0.25, 0.3) is 0 Å². The van der Waals surface area contributed by atoms with E-state index >= 15 is 0 Å². The molecule has 7 nitrogen and oxygen atoms in total. The van der Waals surface area contributed by atoms with Crippen LogP contribution in [-0.4, -0.2) is 55.3 Å². The lowest BCUT2D eigenvalue weighted by atomic mass is 9.96. The van der Waals surface area contributed by atoms with Crippen molar-refractivity contribution < 1.29 is 19.1 Å². The SMILES string of the molecule is CC(=O)c1cccc(OCCCC(=O)N2CCCC(C(=O)NCCN)C2)c1.Cl. The highest BCUT2D eigenvalue weighted by Gasteiger charge is 2.27. The minimum Gasteiger partial charge on any atom is -0.494 e. The Bertz CT molecular complexity index is 669. The number of rotatable bonds is 9. The summed E-state index contributed by atoms with van der Waals surface area (Å²) in [5.74, 6) is 0.495. The van der Waals surface area contributed by atoms with Crippen LogP contribution in [0.2, 0.25) is 0 Å². The van der Waals surface area contributed by atoms with Gasteiger partial charge in [-0.1, -0.05) is 12.1 Å². The van der Waals surface area contributed by atoms with Gasteiger partial charge >= 0.3 is 0 Å². The minimum atomic E-state index is -0.153. The first-order valence-electron chi connectivity index (χ1n) is 9.50. The average molecular weight is 412 g/mol. The van der Waals surface area contributed by atoms with Crippen LogP contribution in [-0.2, 0) is 9.59 Å². The Labute approximate surface area is 172 Å². The summed E-state index contributed by atoms with van der Waals surface area (Å²) in [4.78, 5) is 37.6. The lowest BCUT2D eigenvalue weighted by molar-refractivity contribution is -0.135. The van der Waals surface area contributed by atoms with Crippen LogP contribution in [0.4, 0.5) is 0 Å². The Morgan fingerprint density at radius 2 is 2.11 bits per heavy atom. The Morgan fingerprint density at radius 3 is 2.82 bits per heavy atom. The van der Waals surface area contributed by atoms with E-state index < -0.39 is 0 Å². The Balaban J connectivity index is 0.00000392. The number of halogens is 1. The molecule has 0 saturated carbocycles. The molecule has 0 aliphatic carbocycles. The maximum atomic E-state index is 12.4. The van der Waals surface area contributed by atoms with E-state index in [1.165, 1.54) is 6.92 Å². The van der Waals surface area contributed by atoms with Gasteiger partial charge in [0.1, 0.15) is 5.75 Å². The molecule has 1 aliphatic heterocycles. The summed E-state index contributed by atoms with van der Waals surface area (Å²) in [6.45, 7) is 3.96. The fourth-order valence-electron chi connectivity index (χ4n) is 3.13. The number of benzene rings is 1. The molecule has 28 heavy (non-hydrogen) atoms. The molecule has 1 unspecified atom stereocenters. The topological polar surface area (TPSA) is 102 Å². The standard InChI is InChI=1S/C20H29N3O4.ClH/c1-15(24)16-5-2-7-18(13-16)27-12-4-8-19(25)23-11-3-6-17(14-23)20(26)22-10-9-21;/h2,5,7,13,17H,3-4,6,8-12,14,21H2,1H3,(H,22,26);1H. The largest absolute Gasteiger partial charge is 0.494 e. The number of carbonyl (C=O) groups is 3. The lowest BCUT2D eigenvalue weighted by Crippen LogP contribution is -2.46. The Hall–Kier alpha value is -2.12. The molecule has 1 fully saturated rings. The molecule has 156 valence electrons. The number of ether oxygens (including phenoxy) is 1. The van der Waals surface area contributed by atoms with E-state index in [1.54, 1.807) is 29.2 Å². The number of piperidine rings is 1. The van der Waals surface area contributed by atoms with Crippen LogP contribution in [0, 0.1) is 5.92 Å². The Morgan fingerprint density at radius 1 is 1.32 bits per heavy atom. The van der Waals surface area contributed by atoms with E-state index in [9.17, 15) is 14.4 Å². The number of ketones is 1. The van der Waals surface area contributed by atoms with E-state index in [1.807, 2.05) is 0 Å². The van der Waals surface area contributed by atoms with Crippen molar-refractivity contribution in [1.82, 2.24) is 10.2 Å². The van der Waals surface area contributed by atoms with E-state index in [0.717, 1.165) is 12.8 Å². The summed E-state index contributed by atoms with van der Waals surface area (Å²) in [6, 6.07) is 7.03. The summed E-state index contributed by atoms with van der Waals surface area (Å²) in [7, 11) is 0. The van der Waals surface area contributed by atoms with Crippen molar-refractivity contribution in [2.24, 2.45) is 11.7 Å². The first-order chi connectivity index (χ1) is 13.0. The van der Waals surface area contributed by atoms with Gasteiger partial charge in [-0.05, 0) is 38.3 Å². The molecule has 0 aromatic heterocycles. The van der Waals surface area contributed by atoms with Gasteiger partial charge in [-0.3, -0.25) is 14.4 Å². The van der Waals surface area contributed by atoms with Crippen molar-refractivity contribution in [3.63, 3.8) is 0 Å². The number of nitrogens with zero attached hydrogens (tertiary/aromatic N) is 1. The molecular weight excluding hydrogens is 382 g/mol. The van der Waals surface area contributed by atoms with Gasteiger partial charge in [0, 0.05) is 38.2 Å². The molecule has 2 amide bonds. The number of Topliss-reactive ketones (excluding diaryl/α,β-unsaturated/α-hetero) is 1. The zero-order chi connectivity index (χ0) is 19.6. The predicted octanol–water partition coefficient (Wildman–Crippen LogP) is 1.78. The van der Waals surface area contributed by atoms with Crippen molar-refractivity contribution in [2.75, 3.05) is 32.8 Å². The Kier molecular flexibility index (Phi) is 10.6. The number of amides is 2. The van der Waals surface area contributed by atoms with Gasteiger partial charge in [0.05, 0.1) is 12.5 Å². The van der Waals surface area contributed by atoms with Gasteiger partial charge in [-0.15, -0.1) is 12.4 Å². The fraction of sp³-hybridized carbons (Fsp3) is 0.550. The second-order valence-corrected chi connectivity index (χ2v) is 6.79. The van der Waals surface area contributed by atoms with Crippen molar-refractivity contribution in [2.45, 2.75) is 32.6 Å². The summed E-state index contributed by atoms with van der Waals surface area (Å²) >= 11 is 0. The third-order valence-corrected chi connectivity index (χ3v) is 4.63. The van der Waals surface area contributed by atoms with Crippen LogP contribution in [0.1, 0.15) is 43.0 Å². The van der Waals surface area contributed by atoms with Crippen LogP contribution in [0.3, 0.4) is 0 Å².